The number of hydrogen-bond acceptors (Lipinski definition) is 2. The van der Waals surface area contributed by atoms with Gasteiger partial charge in [0.25, 0.3) is 0 Å². The zero-order chi connectivity index (χ0) is 10.7. The van der Waals surface area contributed by atoms with Gasteiger partial charge in [0.05, 0.1) is 5.56 Å². The number of ether oxygens (including phenoxy) is 1. The molecule has 1 aromatic carbocycles. The minimum Gasteiger partial charge on any atom is -0.482 e. The summed E-state index contributed by atoms with van der Waals surface area (Å²) in [7, 11) is 0. The van der Waals surface area contributed by atoms with Crippen LogP contribution in [-0.2, 0) is 0 Å². The number of hydrogen-bond donors (Lipinski definition) is 0. The van der Waals surface area contributed by atoms with Crippen LogP contribution in [0, 0.1) is 0 Å². The molecule has 1 unspecified atom stereocenters. The van der Waals surface area contributed by atoms with Crippen molar-refractivity contribution >= 4 is 5.78 Å². The second-order valence-corrected chi connectivity index (χ2v) is 3.96. The summed E-state index contributed by atoms with van der Waals surface area (Å²) in [5, 5.41) is 0. The molecule has 1 aromatic rings. The van der Waals surface area contributed by atoms with Crippen LogP contribution in [0.5, 0.6) is 5.75 Å². The number of fused-ring (bicyclic) bond motifs is 1. The molecule has 0 radical (unpaired) electrons. The molecule has 0 amide bonds. The van der Waals surface area contributed by atoms with Crippen LogP contribution in [0.25, 0.3) is 0 Å². The Hall–Kier alpha value is -1.31. The Balaban J connectivity index is 2.01. The zero-order valence-corrected chi connectivity index (χ0v) is 9.03. The quantitative estimate of drug-likeness (QED) is 0.704. The third-order valence-corrected chi connectivity index (χ3v) is 2.78. The first-order chi connectivity index (χ1) is 7.33. The Morgan fingerprint density at radius 2 is 2.07 bits per heavy atom. The summed E-state index contributed by atoms with van der Waals surface area (Å²) in [5.74, 6) is 0.908. The van der Waals surface area contributed by atoms with Gasteiger partial charge in [-0.15, -0.1) is 0 Å². The van der Waals surface area contributed by atoms with Gasteiger partial charge in [-0.2, -0.15) is 0 Å². The molecule has 2 rings (SSSR count). The van der Waals surface area contributed by atoms with E-state index < -0.39 is 0 Å². The summed E-state index contributed by atoms with van der Waals surface area (Å²) < 4.78 is 5.62. The molecule has 0 fully saturated rings. The van der Waals surface area contributed by atoms with Gasteiger partial charge >= 0.3 is 0 Å². The molecule has 0 N–H and O–H groups in total. The zero-order valence-electron chi connectivity index (χ0n) is 9.03. The van der Waals surface area contributed by atoms with Crippen LogP contribution in [0.1, 0.15) is 43.0 Å². The maximum Gasteiger partial charge on any atom is 0.207 e. The molecule has 0 aliphatic carbocycles. The summed E-state index contributed by atoms with van der Waals surface area (Å²) in [5.41, 5.74) is 0.749. The molecule has 0 spiro atoms. The highest BCUT2D eigenvalue weighted by Crippen LogP contribution is 2.30. The van der Waals surface area contributed by atoms with E-state index in [0.717, 1.165) is 24.2 Å². The molecule has 2 nitrogen and oxygen atoms in total. The third kappa shape index (κ3) is 2.04. The fourth-order valence-electron chi connectivity index (χ4n) is 1.92. The molecule has 2 heteroatoms. The van der Waals surface area contributed by atoms with Crippen molar-refractivity contribution in [3.63, 3.8) is 0 Å². The monoisotopic (exact) mass is 204 g/mol. The van der Waals surface area contributed by atoms with Crippen molar-refractivity contribution in [1.29, 1.82) is 0 Å². The fraction of sp³-hybridized carbons (Fsp3) is 0.462. The molecule has 80 valence electrons. The van der Waals surface area contributed by atoms with Crippen molar-refractivity contribution in [2.45, 2.75) is 38.7 Å². The average Bonchev–Trinajstić information content (AvgIpc) is 2.57. The van der Waals surface area contributed by atoms with Crippen LogP contribution in [0.2, 0.25) is 0 Å². The molecular formula is C13H16O2. The van der Waals surface area contributed by atoms with Crippen LogP contribution < -0.4 is 4.74 Å². The Kier molecular flexibility index (Phi) is 3.05. The Morgan fingerprint density at radius 1 is 1.27 bits per heavy atom. The number of rotatable bonds is 4. The largest absolute Gasteiger partial charge is 0.482 e. The van der Waals surface area contributed by atoms with E-state index in [4.69, 9.17) is 4.74 Å². The molecule has 1 aliphatic heterocycles. The van der Waals surface area contributed by atoms with E-state index >= 15 is 0 Å². The van der Waals surface area contributed by atoms with E-state index in [1.807, 2.05) is 24.3 Å². The number of unbranched alkanes of at least 4 members (excludes halogenated alkanes) is 2. The SMILES string of the molecule is CCCCCC1Oc2ccccc2C1=O. The molecule has 0 aromatic heterocycles. The summed E-state index contributed by atoms with van der Waals surface area (Å²) in [6.45, 7) is 2.16. The second kappa shape index (κ2) is 4.47. The van der Waals surface area contributed by atoms with Crippen molar-refractivity contribution in [2.75, 3.05) is 0 Å². The predicted octanol–water partition coefficient (Wildman–Crippen LogP) is 3.21. The highest BCUT2D eigenvalue weighted by atomic mass is 16.5. The standard InChI is InChI=1S/C13H16O2/c1-2-3-4-9-12-13(14)10-7-5-6-8-11(10)15-12/h5-8,12H,2-4,9H2,1H3. The highest BCUT2D eigenvalue weighted by molar-refractivity contribution is 6.04. The number of carbonyl (C=O) groups is 1. The first kappa shape index (κ1) is 10.2. The summed E-state index contributed by atoms with van der Waals surface area (Å²) >= 11 is 0. The lowest BCUT2D eigenvalue weighted by molar-refractivity contribution is 0.0842. The fourth-order valence-corrected chi connectivity index (χ4v) is 1.92. The van der Waals surface area contributed by atoms with Gasteiger partial charge in [0.1, 0.15) is 5.75 Å². The minimum absolute atomic E-state index is 0.154. The smallest absolute Gasteiger partial charge is 0.207 e. The van der Waals surface area contributed by atoms with Crippen LogP contribution in [-0.4, -0.2) is 11.9 Å². The number of ketones is 1. The topological polar surface area (TPSA) is 26.3 Å². The van der Waals surface area contributed by atoms with Crippen molar-refractivity contribution in [3.8, 4) is 5.75 Å². The van der Waals surface area contributed by atoms with Gasteiger partial charge in [0, 0.05) is 0 Å². The van der Waals surface area contributed by atoms with Crippen molar-refractivity contribution in [2.24, 2.45) is 0 Å². The first-order valence-corrected chi connectivity index (χ1v) is 5.63. The lowest BCUT2D eigenvalue weighted by Gasteiger charge is -2.07. The summed E-state index contributed by atoms with van der Waals surface area (Å²) in [6, 6.07) is 7.50. The molecule has 1 aliphatic rings. The van der Waals surface area contributed by atoms with Crippen molar-refractivity contribution < 1.29 is 9.53 Å². The van der Waals surface area contributed by atoms with Crippen LogP contribution in [0.4, 0.5) is 0 Å². The third-order valence-electron chi connectivity index (χ3n) is 2.78. The second-order valence-electron chi connectivity index (χ2n) is 3.96. The molecule has 15 heavy (non-hydrogen) atoms. The van der Waals surface area contributed by atoms with Gasteiger partial charge in [-0.1, -0.05) is 31.9 Å². The molecule has 0 saturated heterocycles. The van der Waals surface area contributed by atoms with E-state index in [1.54, 1.807) is 0 Å². The molecule has 0 bridgehead atoms. The highest BCUT2D eigenvalue weighted by Gasteiger charge is 2.30. The van der Waals surface area contributed by atoms with E-state index in [-0.39, 0.29) is 11.9 Å². The lowest BCUT2D eigenvalue weighted by Crippen LogP contribution is -2.19. The van der Waals surface area contributed by atoms with Crippen LogP contribution >= 0.6 is 0 Å². The van der Waals surface area contributed by atoms with E-state index in [9.17, 15) is 4.79 Å². The average molecular weight is 204 g/mol. The maximum absolute atomic E-state index is 11.9. The Morgan fingerprint density at radius 3 is 2.80 bits per heavy atom. The van der Waals surface area contributed by atoms with E-state index in [1.165, 1.54) is 12.8 Å². The molecule has 1 atom stereocenters. The van der Waals surface area contributed by atoms with Gasteiger partial charge in [0.15, 0.2) is 6.10 Å². The number of Topliss-reactive ketones (excluding diaryl/α,β-unsaturated/α-hetero) is 1. The summed E-state index contributed by atoms with van der Waals surface area (Å²) in [4.78, 5) is 11.9. The van der Waals surface area contributed by atoms with Gasteiger partial charge in [-0.3, -0.25) is 4.79 Å². The summed E-state index contributed by atoms with van der Waals surface area (Å²) in [6.07, 6.45) is 4.04. The molecular weight excluding hydrogens is 188 g/mol. The number of benzene rings is 1. The predicted molar refractivity (Wildman–Crippen MR) is 59.3 cm³/mol. The Labute approximate surface area is 90.3 Å². The van der Waals surface area contributed by atoms with Gasteiger partial charge < -0.3 is 4.74 Å². The van der Waals surface area contributed by atoms with Crippen LogP contribution in [0.15, 0.2) is 24.3 Å². The number of carbonyl (C=O) groups excluding carboxylic acids is 1. The lowest BCUT2D eigenvalue weighted by atomic mass is 10.0. The Bertz CT molecular complexity index is 357. The van der Waals surface area contributed by atoms with Gasteiger partial charge in [0.2, 0.25) is 5.78 Å². The van der Waals surface area contributed by atoms with Crippen LogP contribution in [0.3, 0.4) is 0 Å². The van der Waals surface area contributed by atoms with Crippen molar-refractivity contribution in [3.05, 3.63) is 29.8 Å². The van der Waals surface area contributed by atoms with Crippen molar-refractivity contribution in [1.82, 2.24) is 0 Å². The normalized spacial score (nSPS) is 18.7. The van der Waals surface area contributed by atoms with Gasteiger partial charge in [-0.05, 0) is 25.0 Å². The van der Waals surface area contributed by atoms with Gasteiger partial charge in [-0.25, -0.2) is 0 Å². The van der Waals surface area contributed by atoms with E-state index in [0.29, 0.717) is 0 Å². The van der Waals surface area contributed by atoms with E-state index in [2.05, 4.69) is 6.92 Å². The molecule has 1 heterocycles. The maximum atomic E-state index is 11.9. The number of para-hydroxylation sites is 1. The minimum atomic E-state index is -0.228. The first-order valence-electron chi connectivity index (χ1n) is 5.63. The molecule has 0 saturated carbocycles.